The number of hydrogen-bond acceptors (Lipinski definition) is 6. The van der Waals surface area contributed by atoms with Crippen molar-refractivity contribution < 1.29 is 23.1 Å². The molecule has 0 spiro atoms. The second-order valence-corrected chi connectivity index (χ2v) is 8.46. The van der Waals surface area contributed by atoms with Crippen molar-refractivity contribution in [3.63, 3.8) is 0 Å². The van der Waals surface area contributed by atoms with Gasteiger partial charge in [0.2, 0.25) is 0 Å². The Balaban J connectivity index is 1.82. The smallest absolute Gasteiger partial charge is 0.282 e. The Bertz CT molecular complexity index is 1240. The van der Waals surface area contributed by atoms with Gasteiger partial charge in [-0.25, -0.2) is 13.2 Å². The van der Waals surface area contributed by atoms with Crippen LogP contribution in [0.25, 0.3) is 11.0 Å². The Morgan fingerprint density at radius 2 is 2.18 bits per heavy atom. The van der Waals surface area contributed by atoms with E-state index in [0.717, 1.165) is 10.1 Å². The Morgan fingerprint density at radius 3 is 2.88 bits per heavy atom. The average molecular weight is 477 g/mol. The summed E-state index contributed by atoms with van der Waals surface area (Å²) in [6, 6.07) is 0. The zero-order valence-corrected chi connectivity index (χ0v) is 18.6. The van der Waals surface area contributed by atoms with Crippen LogP contribution < -0.4 is 21.5 Å². The summed E-state index contributed by atoms with van der Waals surface area (Å²) < 4.78 is 43.5. The van der Waals surface area contributed by atoms with Gasteiger partial charge in [0.1, 0.15) is 17.3 Å². The lowest BCUT2D eigenvalue weighted by Gasteiger charge is -2.18. The Labute approximate surface area is 193 Å². The van der Waals surface area contributed by atoms with E-state index in [9.17, 15) is 27.9 Å². The fourth-order valence-corrected chi connectivity index (χ4v) is 4.17. The minimum Gasteiger partial charge on any atom is -0.505 e. The maximum absolute atomic E-state index is 14.6. The van der Waals surface area contributed by atoms with Gasteiger partial charge in [-0.15, -0.1) is 0 Å². The Hall–Kier alpha value is -3.34. The van der Waals surface area contributed by atoms with E-state index in [1.807, 2.05) is 0 Å². The number of carbonyl (C=O) groups is 1. The van der Waals surface area contributed by atoms with Crippen molar-refractivity contribution in [2.24, 2.45) is 0 Å². The lowest BCUT2D eigenvalue weighted by atomic mass is 9.98. The van der Waals surface area contributed by atoms with Crippen molar-refractivity contribution >= 4 is 22.6 Å². The largest absolute Gasteiger partial charge is 0.505 e. The maximum Gasteiger partial charge on any atom is 0.282 e. The Kier molecular flexibility index (Phi) is 6.65. The van der Waals surface area contributed by atoms with Gasteiger partial charge in [-0.05, 0) is 25.6 Å². The van der Waals surface area contributed by atoms with E-state index in [1.54, 1.807) is 19.2 Å². The zero-order chi connectivity index (χ0) is 24.5. The highest BCUT2D eigenvalue weighted by Crippen LogP contribution is 2.36. The second kappa shape index (κ2) is 9.49. The summed E-state index contributed by atoms with van der Waals surface area (Å²) >= 11 is 0. The predicted octanol–water partition coefficient (Wildman–Crippen LogP) is 2.27. The number of nitrogens with one attached hydrogen (secondary N) is 3. The molecule has 182 valence electrons. The monoisotopic (exact) mass is 477 g/mol. The summed E-state index contributed by atoms with van der Waals surface area (Å²) in [4.78, 5) is 30.1. The van der Waals surface area contributed by atoms with E-state index in [1.165, 1.54) is 12.3 Å². The molecule has 2 aliphatic rings. The van der Waals surface area contributed by atoms with Crippen LogP contribution >= 0.6 is 0 Å². The van der Waals surface area contributed by atoms with E-state index in [4.69, 9.17) is 0 Å². The van der Waals surface area contributed by atoms with Crippen LogP contribution in [-0.2, 0) is 13.0 Å². The van der Waals surface area contributed by atoms with Crippen molar-refractivity contribution in [2.75, 3.05) is 32.0 Å². The number of rotatable bonds is 7. The third kappa shape index (κ3) is 4.65. The number of halogens is 3. The molecule has 0 saturated heterocycles. The van der Waals surface area contributed by atoms with E-state index in [2.05, 4.69) is 20.9 Å². The van der Waals surface area contributed by atoms with E-state index >= 15 is 0 Å². The number of hydrogen-bond donors (Lipinski definition) is 4. The van der Waals surface area contributed by atoms with Crippen LogP contribution in [0.1, 0.15) is 28.8 Å². The summed E-state index contributed by atoms with van der Waals surface area (Å²) in [5.74, 6) is -4.80. The van der Waals surface area contributed by atoms with Crippen molar-refractivity contribution in [3.05, 3.63) is 51.5 Å². The number of aromatic nitrogens is 2. The zero-order valence-electron chi connectivity index (χ0n) is 18.6. The lowest BCUT2D eigenvalue weighted by Crippen LogP contribution is -2.38. The maximum atomic E-state index is 14.6. The molecule has 1 aliphatic heterocycles. The molecule has 1 aliphatic carbocycles. The molecule has 0 radical (unpaired) electrons. The molecule has 2 aromatic rings. The van der Waals surface area contributed by atoms with Gasteiger partial charge in [-0.2, -0.15) is 0 Å². The van der Waals surface area contributed by atoms with Gasteiger partial charge in [0.15, 0.2) is 5.75 Å². The topological polar surface area (TPSA) is 108 Å². The number of alkyl halides is 3. The molecule has 8 nitrogen and oxygen atoms in total. The van der Waals surface area contributed by atoms with Gasteiger partial charge in [0, 0.05) is 31.1 Å². The fourth-order valence-electron chi connectivity index (χ4n) is 4.17. The summed E-state index contributed by atoms with van der Waals surface area (Å²) in [6.45, 7) is -0.862. The standard InChI is InChI=1S/C23H26F3N5O3/c1-27-7-2-8-28-21(33)16-20(32)18-19-17(30-11-23(25,26)12-31(19)22(16)34)14(10-29-18)9-13-3-5-15(24)6-4-13/h3-5,10,15,27,30,32H,2,6-9,11-12H2,1H3,(H,28,33). The molecule has 4 N–H and O–H groups in total. The number of aromatic hydroxyl groups is 1. The number of pyridine rings is 2. The molecular weight excluding hydrogens is 451 g/mol. The highest BCUT2D eigenvalue weighted by Gasteiger charge is 2.37. The first-order valence-corrected chi connectivity index (χ1v) is 11.0. The third-order valence-electron chi connectivity index (χ3n) is 5.87. The molecule has 3 heterocycles. The van der Waals surface area contributed by atoms with Crippen LogP contribution in [0.3, 0.4) is 0 Å². The molecule has 0 saturated carbocycles. The minimum atomic E-state index is -3.30. The van der Waals surface area contributed by atoms with Crippen LogP contribution in [-0.4, -0.2) is 59.3 Å². The molecule has 2 aromatic heterocycles. The first-order valence-electron chi connectivity index (χ1n) is 11.0. The summed E-state index contributed by atoms with van der Waals surface area (Å²) in [5, 5.41) is 19.0. The minimum absolute atomic E-state index is 0.00710. The third-order valence-corrected chi connectivity index (χ3v) is 5.87. The first kappa shape index (κ1) is 23.8. The molecule has 0 aromatic carbocycles. The normalized spacial score (nSPS) is 18.8. The van der Waals surface area contributed by atoms with E-state index < -0.39 is 48.0 Å². The number of anilines is 1. The van der Waals surface area contributed by atoms with E-state index in [-0.39, 0.29) is 36.1 Å². The number of amides is 1. The predicted molar refractivity (Wildman–Crippen MR) is 122 cm³/mol. The highest BCUT2D eigenvalue weighted by atomic mass is 19.3. The van der Waals surface area contributed by atoms with Crippen LogP contribution in [0.15, 0.2) is 34.8 Å². The van der Waals surface area contributed by atoms with E-state index in [0.29, 0.717) is 18.5 Å². The highest BCUT2D eigenvalue weighted by molar-refractivity contribution is 6.04. The SMILES string of the molecule is CNCCCNC(=O)c1c(O)c2ncc(CC3=CCC(F)C=C3)c3c2n(c1=O)CC(F)(F)CN3. The average Bonchev–Trinajstić information content (AvgIpc) is 2.94. The fraction of sp³-hybridized carbons (Fsp3) is 0.435. The Morgan fingerprint density at radius 1 is 1.38 bits per heavy atom. The summed E-state index contributed by atoms with van der Waals surface area (Å²) in [7, 11) is 1.75. The van der Waals surface area contributed by atoms with Gasteiger partial charge >= 0.3 is 0 Å². The van der Waals surface area contributed by atoms with Gasteiger partial charge in [-0.3, -0.25) is 19.1 Å². The molecule has 34 heavy (non-hydrogen) atoms. The van der Waals surface area contributed by atoms with Crippen LogP contribution in [0.4, 0.5) is 18.9 Å². The molecule has 1 unspecified atom stereocenters. The van der Waals surface area contributed by atoms with Crippen molar-refractivity contribution in [1.82, 2.24) is 20.2 Å². The van der Waals surface area contributed by atoms with Crippen molar-refractivity contribution in [3.8, 4) is 5.75 Å². The quantitative estimate of drug-likeness (QED) is 0.456. The molecule has 0 fully saturated rings. The van der Waals surface area contributed by atoms with Gasteiger partial charge in [0.05, 0.1) is 24.3 Å². The van der Waals surface area contributed by atoms with Crippen LogP contribution in [0.5, 0.6) is 5.75 Å². The van der Waals surface area contributed by atoms with Gasteiger partial charge < -0.3 is 21.1 Å². The number of allylic oxidation sites excluding steroid dienone is 4. The lowest BCUT2D eigenvalue weighted by molar-refractivity contribution is -0.000937. The molecule has 1 amide bonds. The molecular formula is C23H26F3N5O3. The van der Waals surface area contributed by atoms with Gasteiger partial charge in [0.25, 0.3) is 17.4 Å². The number of nitrogens with zero attached hydrogens (tertiary/aromatic N) is 2. The van der Waals surface area contributed by atoms with Crippen LogP contribution in [0.2, 0.25) is 0 Å². The van der Waals surface area contributed by atoms with Crippen molar-refractivity contribution in [1.29, 1.82) is 0 Å². The molecule has 0 bridgehead atoms. The molecule has 1 atom stereocenters. The first-order chi connectivity index (χ1) is 16.2. The van der Waals surface area contributed by atoms with Crippen LogP contribution in [0, 0.1) is 0 Å². The summed E-state index contributed by atoms with van der Waals surface area (Å²) in [6.07, 6.45) is 6.17. The van der Waals surface area contributed by atoms with Crippen molar-refractivity contribution in [2.45, 2.75) is 37.9 Å². The van der Waals surface area contributed by atoms with Gasteiger partial charge in [-0.1, -0.05) is 18.2 Å². The number of carbonyl (C=O) groups excluding carboxylic acids is 1. The molecule has 11 heteroatoms. The summed E-state index contributed by atoms with van der Waals surface area (Å²) in [5.41, 5.74) is -0.236. The molecule has 4 rings (SSSR count). The second-order valence-electron chi connectivity index (χ2n) is 8.46.